The third-order valence-corrected chi connectivity index (χ3v) is 7.16. The quantitative estimate of drug-likeness (QED) is 0.384. The van der Waals surface area contributed by atoms with Gasteiger partial charge >= 0.3 is 0 Å². The summed E-state index contributed by atoms with van der Waals surface area (Å²) in [4.78, 5) is 27.6. The summed E-state index contributed by atoms with van der Waals surface area (Å²) in [7, 11) is 1.66. The molecule has 1 spiro atoms. The predicted octanol–water partition coefficient (Wildman–Crippen LogP) is 5.97. The molecular weight excluding hydrogens is 396 g/mol. The maximum Gasteiger partial charge on any atom is 0.173 e. The van der Waals surface area contributed by atoms with E-state index in [0.717, 1.165) is 28.0 Å². The first-order chi connectivity index (χ1) is 15.6. The Morgan fingerprint density at radius 1 is 0.875 bits per heavy atom. The molecule has 0 aromatic heterocycles. The standard InChI is InChI=1S/C29H26O3/c1-32-25-15-9-8-14-23(25)24-19-26(30)29(27(24)21-12-6-3-7-13-21)17-16-22(28(29)31)18-20-10-4-2-5-11-20/h2-15,18,24,27H,16-17,19H2,1H3/b22-18+/t24-,27-,29-/m0/s1. The molecule has 0 radical (unpaired) electrons. The van der Waals surface area contributed by atoms with E-state index < -0.39 is 5.41 Å². The molecule has 5 rings (SSSR count). The van der Waals surface area contributed by atoms with E-state index in [4.69, 9.17) is 4.74 Å². The van der Waals surface area contributed by atoms with Crippen molar-refractivity contribution in [1.82, 2.24) is 0 Å². The zero-order valence-electron chi connectivity index (χ0n) is 18.2. The molecule has 2 aliphatic carbocycles. The van der Waals surface area contributed by atoms with Gasteiger partial charge in [0.15, 0.2) is 5.78 Å². The molecule has 0 bridgehead atoms. The Hall–Kier alpha value is -3.46. The Bertz CT molecular complexity index is 1180. The van der Waals surface area contributed by atoms with E-state index >= 15 is 0 Å². The van der Waals surface area contributed by atoms with Gasteiger partial charge < -0.3 is 4.74 Å². The highest BCUT2D eigenvalue weighted by Crippen LogP contribution is 2.62. The van der Waals surface area contributed by atoms with Crippen LogP contribution < -0.4 is 4.74 Å². The number of ketones is 2. The Kier molecular flexibility index (Phi) is 5.26. The van der Waals surface area contributed by atoms with Gasteiger partial charge in [0, 0.05) is 18.3 Å². The number of rotatable bonds is 4. The van der Waals surface area contributed by atoms with Gasteiger partial charge in [-0.15, -0.1) is 0 Å². The third kappa shape index (κ3) is 3.20. The van der Waals surface area contributed by atoms with Crippen LogP contribution in [-0.2, 0) is 9.59 Å². The molecule has 0 unspecified atom stereocenters. The van der Waals surface area contributed by atoms with Crippen LogP contribution in [0, 0.1) is 5.41 Å². The van der Waals surface area contributed by atoms with Gasteiger partial charge in [-0.1, -0.05) is 78.9 Å². The number of para-hydroxylation sites is 1. The molecule has 0 N–H and O–H groups in total. The first kappa shape index (κ1) is 20.4. The summed E-state index contributed by atoms with van der Waals surface area (Å²) < 4.78 is 5.65. The second-order valence-electron chi connectivity index (χ2n) is 8.74. The first-order valence-electron chi connectivity index (χ1n) is 11.2. The van der Waals surface area contributed by atoms with Crippen LogP contribution >= 0.6 is 0 Å². The molecule has 2 aliphatic rings. The molecule has 160 valence electrons. The number of Topliss-reactive ketones (excluding diaryl/α,β-unsaturated/α-hetero) is 2. The molecule has 0 amide bonds. The van der Waals surface area contributed by atoms with Crippen molar-refractivity contribution >= 4 is 17.6 Å². The van der Waals surface area contributed by atoms with E-state index in [0.29, 0.717) is 19.3 Å². The average Bonchev–Trinajstić information content (AvgIpc) is 3.32. The molecule has 0 aliphatic heterocycles. The normalized spacial score (nSPS) is 26.2. The van der Waals surface area contributed by atoms with E-state index in [1.807, 2.05) is 78.9 Å². The predicted molar refractivity (Wildman–Crippen MR) is 126 cm³/mol. The lowest BCUT2D eigenvalue weighted by Gasteiger charge is -2.32. The van der Waals surface area contributed by atoms with Crippen LogP contribution in [0.25, 0.3) is 6.08 Å². The van der Waals surface area contributed by atoms with Gasteiger partial charge in [-0.3, -0.25) is 9.59 Å². The molecule has 2 saturated carbocycles. The van der Waals surface area contributed by atoms with Crippen molar-refractivity contribution in [2.45, 2.75) is 31.1 Å². The smallest absolute Gasteiger partial charge is 0.173 e. The second-order valence-corrected chi connectivity index (χ2v) is 8.74. The summed E-state index contributed by atoms with van der Waals surface area (Å²) >= 11 is 0. The number of allylic oxidation sites excluding steroid dienone is 1. The van der Waals surface area contributed by atoms with Crippen molar-refractivity contribution in [2.75, 3.05) is 7.11 Å². The molecule has 3 aromatic carbocycles. The topological polar surface area (TPSA) is 43.4 Å². The van der Waals surface area contributed by atoms with Gasteiger partial charge in [-0.2, -0.15) is 0 Å². The highest BCUT2D eigenvalue weighted by molar-refractivity contribution is 6.20. The average molecular weight is 423 g/mol. The number of methoxy groups -OCH3 is 1. The van der Waals surface area contributed by atoms with Crippen LogP contribution in [0.3, 0.4) is 0 Å². The van der Waals surface area contributed by atoms with Crippen molar-refractivity contribution in [3.05, 3.63) is 107 Å². The first-order valence-corrected chi connectivity index (χ1v) is 11.2. The van der Waals surface area contributed by atoms with Crippen molar-refractivity contribution in [2.24, 2.45) is 5.41 Å². The van der Waals surface area contributed by atoms with Gasteiger partial charge in [0.2, 0.25) is 0 Å². The zero-order chi connectivity index (χ0) is 22.1. The minimum Gasteiger partial charge on any atom is -0.496 e. The number of benzene rings is 3. The van der Waals surface area contributed by atoms with Crippen LogP contribution in [0.4, 0.5) is 0 Å². The van der Waals surface area contributed by atoms with E-state index in [2.05, 4.69) is 12.1 Å². The third-order valence-electron chi connectivity index (χ3n) is 7.16. The molecule has 3 atom stereocenters. The van der Waals surface area contributed by atoms with Crippen molar-refractivity contribution in [1.29, 1.82) is 0 Å². The summed E-state index contributed by atoms with van der Waals surface area (Å²) in [6.07, 6.45) is 3.50. The highest BCUT2D eigenvalue weighted by Gasteiger charge is 2.62. The van der Waals surface area contributed by atoms with Crippen LogP contribution in [0.2, 0.25) is 0 Å². The van der Waals surface area contributed by atoms with E-state index in [1.54, 1.807) is 7.11 Å². The van der Waals surface area contributed by atoms with Gasteiger partial charge in [-0.05, 0) is 47.2 Å². The highest BCUT2D eigenvalue weighted by atomic mass is 16.5. The summed E-state index contributed by atoms with van der Waals surface area (Å²) in [6.45, 7) is 0. The van der Waals surface area contributed by atoms with Crippen LogP contribution in [0.5, 0.6) is 5.75 Å². The van der Waals surface area contributed by atoms with E-state index in [9.17, 15) is 9.59 Å². The van der Waals surface area contributed by atoms with Crippen LogP contribution in [-0.4, -0.2) is 18.7 Å². The van der Waals surface area contributed by atoms with E-state index in [1.165, 1.54) is 0 Å². The van der Waals surface area contributed by atoms with Crippen LogP contribution in [0.1, 0.15) is 47.8 Å². The molecule has 3 nitrogen and oxygen atoms in total. The fourth-order valence-corrected chi connectivity index (χ4v) is 5.75. The molecule has 32 heavy (non-hydrogen) atoms. The lowest BCUT2D eigenvalue weighted by molar-refractivity contribution is -0.135. The van der Waals surface area contributed by atoms with E-state index in [-0.39, 0.29) is 23.4 Å². The Morgan fingerprint density at radius 3 is 2.25 bits per heavy atom. The fourth-order valence-electron chi connectivity index (χ4n) is 5.75. The van der Waals surface area contributed by atoms with Crippen LogP contribution in [0.15, 0.2) is 90.5 Å². The summed E-state index contributed by atoms with van der Waals surface area (Å²) in [5.74, 6) is 0.526. The lowest BCUT2D eigenvalue weighted by Crippen LogP contribution is -2.36. The van der Waals surface area contributed by atoms with Crippen molar-refractivity contribution < 1.29 is 14.3 Å². The second kappa shape index (κ2) is 8.23. The number of hydrogen-bond acceptors (Lipinski definition) is 3. The maximum absolute atomic E-state index is 13.9. The summed E-state index contributed by atoms with van der Waals surface area (Å²) in [5.41, 5.74) is 2.79. The Balaban J connectivity index is 1.64. The van der Waals surface area contributed by atoms with Gasteiger partial charge in [0.1, 0.15) is 11.5 Å². The Morgan fingerprint density at radius 2 is 1.53 bits per heavy atom. The summed E-state index contributed by atoms with van der Waals surface area (Å²) in [5, 5.41) is 0. The molecule has 2 fully saturated rings. The fraction of sp³-hybridized carbons (Fsp3) is 0.241. The number of ether oxygens (including phenoxy) is 1. The zero-order valence-corrected chi connectivity index (χ0v) is 18.2. The maximum atomic E-state index is 13.9. The molecular formula is C29H26O3. The minimum atomic E-state index is -1.01. The Labute approximate surface area is 188 Å². The largest absolute Gasteiger partial charge is 0.496 e. The number of carbonyl (C=O) groups is 2. The molecule has 3 heteroatoms. The summed E-state index contributed by atoms with van der Waals surface area (Å²) in [6, 6.07) is 27.8. The molecule has 0 saturated heterocycles. The minimum absolute atomic E-state index is 0.00222. The van der Waals surface area contributed by atoms with Gasteiger partial charge in [0.25, 0.3) is 0 Å². The monoisotopic (exact) mass is 422 g/mol. The molecule has 3 aromatic rings. The van der Waals surface area contributed by atoms with Crippen molar-refractivity contribution in [3.8, 4) is 5.75 Å². The number of hydrogen-bond donors (Lipinski definition) is 0. The SMILES string of the molecule is COc1ccccc1[C@@H]1CC(=O)[C@@]2(CC/C(=C\c3ccccc3)C2=O)[C@H]1c1ccccc1. The number of carbonyl (C=O) groups excluding carboxylic acids is 2. The van der Waals surface area contributed by atoms with Gasteiger partial charge in [-0.25, -0.2) is 0 Å². The lowest BCUT2D eigenvalue weighted by atomic mass is 9.68. The van der Waals surface area contributed by atoms with Gasteiger partial charge in [0.05, 0.1) is 12.5 Å². The van der Waals surface area contributed by atoms with Crippen molar-refractivity contribution in [3.63, 3.8) is 0 Å². The molecule has 0 heterocycles.